The number of rotatable bonds is 16. The van der Waals surface area contributed by atoms with Crippen LogP contribution < -0.4 is 21.3 Å². The fourth-order valence-electron chi connectivity index (χ4n) is 6.19. The Morgan fingerprint density at radius 2 is 1.60 bits per heavy atom. The van der Waals surface area contributed by atoms with E-state index >= 15 is 0 Å². The molecule has 4 rings (SSSR count). The maximum Gasteiger partial charge on any atom is 0.289 e. The van der Waals surface area contributed by atoms with Gasteiger partial charge in [-0.25, -0.2) is 4.98 Å². The smallest absolute Gasteiger partial charge is 0.289 e. The van der Waals surface area contributed by atoms with Crippen molar-refractivity contribution >= 4 is 35.3 Å². The first-order chi connectivity index (χ1) is 23.9. The number of hydrogen-bond donors (Lipinski definition) is 4. The lowest BCUT2D eigenvalue weighted by atomic mass is 9.82. The summed E-state index contributed by atoms with van der Waals surface area (Å²) in [4.78, 5) is 90.2. The molecule has 2 saturated carbocycles. The Labute approximate surface area is 294 Å². The molecule has 0 aliphatic heterocycles. The molecule has 2 aromatic rings. The molecule has 270 valence electrons. The first-order valence-electron chi connectivity index (χ1n) is 17.7. The van der Waals surface area contributed by atoms with Crippen molar-refractivity contribution in [2.75, 3.05) is 6.54 Å². The molecule has 13 heteroatoms. The van der Waals surface area contributed by atoms with Gasteiger partial charge in [0.05, 0.1) is 18.8 Å². The van der Waals surface area contributed by atoms with Gasteiger partial charge in [-0.15, -0.1) is 0 Å². The van der Waals surface area contributed by atoms with E-state index in [0.29, 0.717) is 6.42 Å². The summed E-state index contributed by atoms with van der Waals surface area (Å²) in [6, 6.07) is 6.10. The van der Waals surface area contributed by atoms with Gasteiger partial charge in [-0.1, -0.05) is 83.7 Å². The van der Waals surface area contributed by atoms with Crippen molar-refractivity contribution in [1.29, 1.82) is 0 Å². The molecule has 0 unspecified atom stereocenters. The van der Waals surface area contributed by atoms with Crippen LogP contribution in [0.1, 0.15) is 102 Å². The minimum Gasteiger partial charge on any atom is -0.347 e. The van der Waals surface area contributed by atoms with Gasteiger partial charge in [-0.05, 0) is 49.0 Å². The average molecular weight is 690 g/mol. The van der Waals surface area contributed by atoms with Crippen LogP contribution in [0.3, 0.4) is 0 Å². The third kappa shape index (κ3) is 11.2. The molecule has 0 saturated heterocycles. The van der Waals surface area contributed by atoms with Crippen molar-refractivity contribution in [3.8, 4) is 0 Å². The van der Waals surface area contributed by atoms with Crippen molar-refractivity contribution in [3.63, 3.8) is 0 Å². The van der Waals surface area contributed by atoms with Gasteiger partial charge in [-0.2, -0.15) is 0 Å². The normalized spacial score (nSPS) is 16.6. The van der Waals surface area contributed by atoms with Crippen molar-refractivity contribution in [2.24, 2.45) is 11.3 Å². The maximum absolute atomic E-state index is 14.5. The summed E-state index contributed by atoms with van der Waals surface area (Å²) in [5.74, 6) is -3.72. The fourth-order valence-corrected chi connectivity index (χ4v) is 6.19. The standard InChI is InChI=1S/C37H51N7O6/c1-5-12-27(31(46)35(49)40-26-17-18-26)41-29(45)23-44(22-24-13-8-6-9-14-24)36(50)32(37(2,3)4)43-34(48)30(25-15-10-7-11-16-25)42-33(47)28-21-38-19-20-39-28/h6,8-9,13-14,19-21,25-27,30,32H,5,7,10-12,15-18,22-23H2,1-4H3,(H,40,49)(H,41,45)(H,42,47)(H,43,48)/t27-,30-,32+/m0/s1. The number of carbonyl (C=O) groups is 6. The molecule has 1 aromatic carbocycles. The van der Waals surface area contributed by atoms with Crippen molar-refractivity contribution in [2.45, 2.75) is 116 Å². The van der Waals surface area contributed by atoms with Gasteiger partial charge >= 0.3 is 0 Å². The topological polar surface area (TPSA) is 180 Å². The fraction of sp³-hybridized carbons (Fsp3) is 0.568. The second-order valence-corrected chi connectivity index (χ2v) is 14.4. The maximum atomic E-state index is 14.5. The molecule has 50 heavy (non-hydrogen) atoms. The summed E-state index contributed by atoms with van der Waals surface area (Å²) in [6.45, 7) is 6.95. The van der Waals surface area contributed by atoms with Crippen LogP contribution in [0.5, 0.6) is 0 Å². The quantitative estimate of drug-likeness (QED) is 0.194. The Morgan fingerprint density at radius 3 is 2.20 bits per heavy atom. The van der Waals surface area contributed by atoms with Crippen LogP contribution in [0.25, 0.3) is 0 Å². The number of ketones is 1. The zero-order valence-corrected chi connectivity index (χ0v) is 29.6. The number of benzene rings is 1. The highest BCUT2D eigenvalue weighted by Crippen LogP contribution is 2.28. The zero-order valence-electron chi connectivity index (χ0n) is 29.6. The molecule has 0 bridgehead atoms. The van der Waals surface area contributed by atoms with E-state index in [1.807, 2.05) is 58.0 Å². The first-order valence-corrected chi connectivity index (χ1v) is 17.7. The Morgan fingerprint density at radius 1 is 0.900 bits per heavy atom. The van der Waals surface area contributed by atoms with Crippen LogP contribution in [-0.2, 0) is 30.5 Å². The Bertz CT molecular complexity index is 1490. The van der Waals surface area contributed by atoms with Crippen LogP contribution in [-0.4, -0.2) is 80.9 Å². The number of Topliss-reactive ketones (excluding diaryl/α,β-unsaturated/α-hetero) is 1. The highest BCUT2D eigenvalue weighted by atomic mass is 16.2. The van der Waals surface area contributed by atoms with Crippen LogP contribution in [0.15, 0.2) is 48.9 Å². The van der Waals surface area contributed by atoms with Crippen LogP contribution in [0, 0.1) is 11.3 Å². The van der Waals surface area contributed by atoms with E-state index in [0.717, 1.165) is 50.5 Å². The number of carbonyl (C=O) groups excluding carboxylic acids is 6. The molecule has 13 nitrogen and oxygen atoms in total. The Balaban J connectivity index is 1.56. The molecular formula is C37H51N7O6. The predicted octanol–water partition coefficient (Wildman–Crippen LogP) is 2.85. The first kappa shape index (κ1) is 38.1. The molecule has 2 aliphatic rings. The highest BCUT2D eigenvalue weighted by Gasteiger charge is 2.40. The Hall–Kier alpha value is -4.68. The van der Waals surface area contributed by atoms with Gasteiger partial charge in [-0.3, -0.25) is 33.8 Å². The summed E-state index contributed by atoms with van der Waals surface area (Å²) in [5, 5.41) is 11.2. The summed E-state index contributed by atoms with van der Waals surface area (Å²) < 4.78 is 0. The number of nitrogens with zero attached hydrogens (tertiary/aromatic N) is 3. The van der Waals surface area contributed by atoms with E-state index in [1.165, 1.54) is 23.5 Å². The molecular weight excluding hydrogens is 638 g/mol. The van der Waals surface area contributed by atoms with Gasteiger partial charge in [0.15, 0.2) is 0 Å². The molecule has 1 aromatic heterocycles. The van der Waals surface area contributed by atoms with Gasteiger partial charge in [0.25, 0.3) is 11.8 Å². The lowest BCUT2D eigenvalue weighted by Gasteiger charge is -2.37. The summed E-state index contributed by atoms with van der Waals surface area (Å²) in [5.41, 5.74) is 0.0367. The van der Waals surface area contributed by atoms with Crippen molar-refractivity contribution < 1.29 is 28.8 Å². The summed E-state index contributed by atoms with van der Waals surface area (Å²) >= 11 is 0. The monoisotopic (exact) mass is 689 g/mol. The highest BCUT2D eigenvalue weighted by molar-refractivity contribution is 6.38. The molecule has 1 heterocycles. The molecule has 2 aliphatic carbocycles. The van der Waals surface area contributed by atoms with Gasteiger partial charge in [0.2, 0.25) is 23.5 Å². The molecule has 0 radical (unpaired) electrons. The number of amides is 5. The van der Waals surface area contributed by atoms with Gasteiger partial charge < -0.3 is 26.2 Å². The molecule has 2 fully saturated rings. The lowest BCUT2D eigenvalue weighted by Crippen LogP contribution is -2.61. The third-order valence-corrected chi connectivity index (χ3v) is 9.11. The Kier molecular flexibility index (Phi) is 13.6. The average Bonchev–Trinajstić information content (AvgIpc) is 3.93. The van der Waals surface area contributed by atoms with Crippen molar-refractivity contribution in [3.05, 3.63) is 60.2 Å². The lowest BCUT2D eigenvalue weighted by molar-refractivity contribution is -0.144. The second-order valence-electron chi connectivity index (χ2n) is 14.4. The van der Waals surface area contributed by atoms with E-state index in [9.17, 15) is 28.8 Å². The molecule has 3 atom stereocenters. The second kappa shape index (κ2) is 17.8. The summed E-state index contributed by atoms with van der Waals surface area (Å²) in [7, 11) is 0. The van der Waals surface area contributed by atoms with Gasteiger partial charge in [0, 0.05) is 25.0 Å². The minimum atomic E-state index is -1.08. The van der Waals surface area contributed by atoms with E-state index in [-0.39, 0.29) is 30.6 Å². The number of hydrogen-bond acceptors (Lipinski definition) is 8. The van der Waals surface area contributed by atoms with Crippen LogP contribution in [0.4, 0.5) is 0 Å². The largest absolute Gasteiger partial charge is 0.347 e. The molecule has 0 spiro atoms. The van der Waals surface area contributed by atoms with Crippen LogP contribution in [0.2, 0.25) is 0 Å². The van der Waals surface area contributed by atoms with E-state index in [4.69, 9.17) is 0 Å². The van der Waals surface area contributed by atoms with E-state index in [2.05, 4.69) is 31.2 Å². The third-order valence-electron chi connectivity index (χ3n) is 9.11. The number of nitrogens with one attached hydrogen (secondary N) is 4. The number of aromatic nitrogens is 2. The molecule has 5 amide bonds. The van der Waals surface area contributed by atoms with Crippen LogP contribution >= 0.6 is 0 Å². The predicted molar refractivity (Wildman–Crippen MR) is 186 cm³/mol. The SMILES string of the molecule is CCC[C@H](NC(=O)CN(Cc1ccccc1)C(=O)[C@@H](NC(=O)[C@@H](NC(=O)c1cnccn1)C1CCCCC1)C(C)(C)C)C(=O)C(=O)NC1CC1. The van der Waals surface area contributed by atoms with E-state index < -0.39 is 65.4 Å². The zero-order chi connectivity index (χ0) is 36.3. The van der Waals surface area contributed by atoms with E-state index in [1.54, 1.807) is 0 Å². The molecule has 4 N–H and O–H groups in total. The van der Waals surface area contributed by atoms with Gasteiger partial charge in [0.1, 0.15) is 17.8 Å². The van der Waals surface area contributed by atoms with Crippen molar-refractivity contribution in [1.82, 2.24) is 36.1 Å². The minimum absolute atomic E-state index is 0.00833. The summed E-state index contributed by atoms with van der Waals surface area (Å²) in [6.07, 6.45) is 11.0.